The van der Waals surface area contributed by atoms with Crippen LogP contribution in [0.2, 0.25) is 0 Å². The van der Waals surface area contributed by atoms with Crippen molar-refractivity contribution in [3.05, 3.63) is 71.9 Å². The van der Waals surface area contributed by atoms with Crippen LogP contribution in [0.4, 0.5) is 0 Å². The molecule has 1 N–H and O–H groups in total. The minimum atomic E-state index is -0.307. The first-order chi connectivity index (χ1) is 16.0. The molecule has 0 unspecified atom stereocenters. The number of para-hydroxylation sites is 2. The molecule has 0 aliphatic heterocycles. The number of Topliss-reactive ketones (excluding diaryl/α,β-unsaturated/α-hetero) is 1. The first-order valence-corrected chi connectivity index (χ1v) is 10.4. The number of rotatable bonds is 11. The third kappa shape index (κ3) is 6.70. The zero-order chi connectivity index (χ0) is 23.6. The Bertz CT molecular complexity index is 1100. The van der Waals surface area contributed by atoms with Crippen LogP contribution in [-0.4, -0.2) is 37.0 Å². The third-order valence-corrected chi connectivity index (χ3v) is 4.58. The average molecular weight is 450 g/mol. The molecule has 2 aromatic carbocycles. The molecule has 1 aromatic heterocycles. The molecule has 172 valence electrons. The van der Waals surface area contributed by atoms with Crippen LogP contribution in [0.3, 0.4) is 0 Å². The van der Waals surface area contributed by atoms with Gasteiger partial charge in [-0.3, -0.25) is 9.59 Å². The Kier molecular flexibility index (Phi) is 8.24. The standard InChI is InChI=1S/C25H26N2O6/c1-4-31-20-7-5-6-8-22(20)33-25-12-9-18(15-27-25)14-26-24(29)16-32-21-11-10-19(17(2)28)13-23(21)30-3/h5-13,15H,4,14,16H2,1-3H3,(H,26,29). The number of aromatic nitrogens is 1. The van der Waals surface area contributed by atoms with Gasteiger partial charge in [0.1, 0.15) is 0 Å². The predicted molar refractivity (Wildman–Crippen MR) is 122 cm³/mol. The molecule has 0 bridgehead atoms. The number of carbonyl (C=O) groups excluding carboxylic acids is 2. The molecule has 33 heavy (non-hydrogen) atoms. The Morgan fingerprint density at radius 1 is 0.939 bits per heavy atom. The van der Waals surface area contributed by atoms with Crippen LogP contribution in [0.15, 0.2) is 60.8 Å². The van der Waals surface area contributed by atoms with Gasteiger partial charge in [-0.15, -0.1) is 0 Å². The first-order valence-electron chi connectivity index (χ1n) is 10.4. The molecular weight excluding hydrogens is 424 g/mol. The van der Waals surface area contributed by atoms with E-state index in [1.54, 1.807) is 30.5 Å². The van der Waals surface area contributed by atoms with E-state index in [1.807, 2.05) is 37.3 Å². The maximum absolute atomic E-state index is 12.2. The van der Waals surface area contributed by atoms with Crippen molar-refractivity contribution in [2.45, 2.75) is 20.4 Å². The number of ketones is 1. The van der Waals surface area contributed by atoms with Crippen molar-refractivity contribution in [1.82, 2.24) is 10.3 Å². The Morgan fingerprint density at radius 3 is 2.36 bits per heavy atom. The Hall–Kier alpha value is -4.07. The maximum atomic E-state index is 12.2. The number of amides is 1. The predicted octanol–water partition coefficient (Wildman–Crippen LogP) is 4.18. The molecule has 0 atom stereocenters. The lowest BCUT2D eigenvalue weighted by Gasteiger charge is -2.12. The number of benzene rings is 2. The fraction of sp³-hybridized carbons (Fsp3) is 0.240. The highest BCUT2D eigenvalue weighted by Crippen LogP contribution is 2.30. The molecule has 0 saturated heterocycles. The van der Waals surface area contributed by atoms with Crippen LogP contribution >= 0.6 is 0 Å². The van der Waals surface area contributed by atoms with Gasteiger partial charge in [0.25, 0.3) is 5.91 Å². The number of nitrogens with one attached hydrogen (secondary N) is 1. The van der Waals surface area contributed by atoms with Gasteiger partial charge in [-0.1, -0.05) is 18.2 Å². The molecule has 8 nitrogen and oxygen atoms in total. The Morgan fingerprint density at radius 2 is 1.70 bits per heavy atom. The number of methoxy groups -OCH3 is 1. The van der Waals surface area contributed by atoms with E-state index in [2.05, 4.69) is 10.3 Å². The summed E-state index contributed by atoms with van der Waals surface area (Å²) in [7, 11) is 1.47. The van der Waals surface area contributed by atoms with E-state index in [0.717, 1.165) is 5.56 Å². The van der Waals surface area contributed by atoms with E-state index >= 15 is 0 Å². The zero-order valence-corrected chi connectivity index (χ0v) is 18.8. The van der Waals surface area contributed by atoms with E-state index < -0.39 is 0 Å². The summed E-state index contributed by atoms with van der Waals surface area (Å²) in [6, 6.07) is 15.7. The van der Waals surface area contributed by atoms with E-state index in [0.29, 0.717) is 41.0 Å². The van der Waals surface area contributed by atoms with Crippen LogP contribution in [-0.2, 0) is 11.3 Å². The number of nitrogens with zero attached hydrogens (tertiary/aromatic N) is 1. The minimum Gasteiger partial charge on any atom is -0.493 e. The Balaban J connectivity index is 1.50. The van der Waals surface area contributed by atoms with Crippen molar-refractivity contribution in [3.63, 3.8) is 0 Å². The van der Waals surface area contributed by atoms with E-state index in [1.165, 1.54) is 14.0 Å². The smallest absolute Gasteiger partial charge is 0.258 e. The van der Waals surface area contributed by atoms with Crippen molar-refractivity contribution in [3.8, 4) is 28.9 Å². The van der Waals surface area contributed by atoms with E-state index in [-0.39, 0.29) is 24.8 Å². The number of pyridine rings is 1. The maximum Gasteiger partial charge on any atom is 0.258 e. The monoisotopic (exact) mass is 450 g/mol. The van der Waals surface area contributed by atoms with Crippen LogP contribution in [0.25, 0.3) is 0 Å². The van der Waals surface area contributed by atoms with Crippen molar-refractivity contribution in [2.75, 3.05) is 20.3 Å². The fourth-order valence-corrected chi connectivity index (χ4v) is 2.90. The van der Waals surface area contributed by atoms with Gasteiger partial charge in [0, 0.05) is 24.4 Å². The number of hydrogen-bond acceptors (Lipinski definition) is 7. The van der Waals surface area contributed by atoms with Crippen molar-refractivity contribution >= 4 is 11.7 Å². The summed E-state index contributed by atoms with van der Waals surface area (Å²) >= 11 is 0. The molecule has 8 heteroatoms. The van der Waals surface area contributed by atoms with Gasteiger partial charge in [-0.2, -0.15) is 0 Å². The number of hydrogen-bond donors (Lipinski definition) is 1. The lowest BCUT2D eigenvalue weighted by Crippen LogP contribution is -2.28. The summed E-state index contributed by atoms with van der Waals surface area (Å²) < 4.78 is 22.1. The van der Waals surface area contributed by atoms with Crippen molar-refractivity contribution in [1.29, 1.82) is 0 Å². The van der Waals surface area contributed by atoms with Gasteiger partial charge in [0.05, 0.1) is 13.7 Å². The van der Waals surface area contributed by atoms with Crippen LogP contribution in [0.5, 0.6) is 28.9 Å². The highest BCUT2D eigenvalue weighted by molar-refractivity contribution is 5.94. The van der Waals surface area contributed by atoms with Crippen molar-refractivity contribution in [2.24, 2.45) is 0 Å². The number of carbonyl (C=O) groups is 2. The second-order valence-corrected chi connectivity index (χ2v) is 6.97. The number of ether oxygens (including phenoxy) is 4. The van der Waals surface area contributed by atoms with E-state index in [9.17, 15) is 9.59 Å². The molecule has 1 heterocycles. The van der Waals surface area contributed by atoms with Crippen LogP contribution in [0, 0.1) is 0 Å². The molecule has 0 fully saturated rings. The largest absolute Gasteiger partial charge is 0.493 e. The summed E-state index contributed by atoms with van der Waals surface area (Å²) in [4.78, 5) is 28.0. The van der Waals surface area contributed by atoms with Gasteiger partial charge < -0.3 is 24.3 Å². The van der Waals surface area contributed by atoms with E-state index in [4.69, 9.17) is 18.9 Å². The normalized spacial score (nSPS) is 10.3. The minimum absolute atomic E-state index is 0.0823. The second kappa shape index (κ2) is 11.5. The summed E-state index contributed by atoms with van der Waals surface area (Å²) in [5.74, 6) is 2.03. The second-order valence-electron chi connectivity index (χ2n) is 6.97. The van der Waals surface area contributed by atoms with Gasteiger partial charge in [0.2, 0.25) is 5.88 Å². The van der Waals surface area contributed by atoms with Gasteiger partial charge in [-0.05, 0) is 49.7 Å². The highest BCUT2D eigenvalue weighted by atomic mass is 16.5. The lowest BCUT2D eigenvalue weighted by atomic mass is 10.1. The molecule has 0 aliphatic rings. The third-order valence-electron chi connectivity index (χ3n) is 4.58. The van der Waals surface area contributed by atoms with Crippen LogP contribution < -0.4 is 24.3 Å². The highest BCUT2D eigenvalue weighted by Gasteiger charge is 2.11. The molecule has 0 saturated carbocycles. The van der Waals surface area contributed by atoms with Gasteiger partial charge in [0.15, 0.2) is 35.4 Å². The molecule has 0 aliphatic carbocycles. The average Bonchev–Trinajstić information content (AvgIpc) is 2.83. The zero-order valence-electron chi connectivity index (χ0n) is 18.8. The van der Waals surface area contributed by atoms with Gasteiger partial charge >= 0.3 is 0 Å². The summed E-state index contributed by atoms with van der Waals surface area (Å²) in [6.45, 7) is 4.00. The Labute approximate surface area is 192 Å². The molecule has 3 aromatic rings. The SMILES string of the molecule is CCOc1ccccc1Oc1ccc(CNC(=O)COc2ccc(C(C)=O)cc2OC)cn1. The summed E-state index contributed by atoms with van der Waals surface area (Å²) in [5, 5.41) is 2.77. The van der Waals surface area contributed by atoms with Gasteiger partial charge in [-0.25, -0.2) is 4.98 Å². The molecule has 0 radical (unpaired) electrons. The topological polar surface area (TPSA) is 96.0 Å². The summed E-state index contributed by atoms with van der Waals surface area (Å²) in [5.41, 5.74) is 1.31. The fourth-order valence-electron chi connectivity index (χ4n) is 2.90. The lowest BCUT2D eigenvalue weighted by molar-refractivity contribution is -0.123. The quantitative estimate of drug-likeness (QED) is 0.438. The first kappa shape index (κ1) is 23.6. The molecule has 0 spiro atoms. The van der Waals surface area contributed by atoms with Crippen molar-refractivity contribution < 1.29 is 28.5 Å². The molecule has 1 amide bonds. The van der Waals surface area contributed by atoms with Crippen LogP contribution in [0.1, 0.15) is 29.8 Å². The molecule has 3 rings (SSSR count). The molecular formula is C25H26N2O6. The summed E-state index contributed by atoms with van der Waals surface area (Å²) in [6.07, 6.45) is 1.63.